The van der Waals surface area contributed by atoms with Crippen LogP contribution in [0.1, 0.15) is 25.3 Å². The number of hydrogen-bond acceptors (Lipinski definition) is 3. The fourth-order valence-electron chi connectivity index (χ4n) is 2.98. The molecule has 1 aliphatic heterocycles. The summed E-state index contributed by atoms with van der Waals surface area (Å²) in [7, 11) is 0. The van der Waals surface area contributed by atoms with Gasteiger partial charge in [0.1, 0.15) is 0 Å². The van der Waals surface area contributed by atoms with Gasteiger partial charge in [-0.25, -0.2) is 0 Å². The molecule has 1 aromatic carbocycles. The molecule has 1 saturated carbocycles. The lowest BCUT2D eigenvalue weighted by Crippen LogP contribution is -2.54. The summed E-state index contributed by atoms with van der Waals surface area (Å²) >= 11 is 0. The smallest absolute Gasteiger partial charge is 0.237 e. The third-order valence-corrected chi connectivity index (χ3v) is 4.62. The third-order valence-electron chi connectivity index (χ3n) is 4.62. The highest BCUT2D eigenvalue weighted by Crippen LogP contribution is 2.22. The molecule has 0 radical (unpaired) electrons. The molecule has 4 nitrogen and oxygen atoms in total. The number of carbonyl (C=O) groups is 1. The normalized spacial score (nSPS) is 21.1. The van der Waals surface area contributed by atoms with Crippen molar-refractivity contribution in [2.24, 2.45) is 0 Å². The Bertz CT molecular complexity index is 505. The summed E-state index contributed by atoms with van der Waals surface area (Å²) in [6, 6.07) is 8.97. The molecule has 1 N–H and O–H groups in total. The Morgan fingerprint density at radius 1 is 1.19 bits per heavy atom. The largest absolute Gasteiger partial charge is 0.369 e. The molecule has 114 valence electrons. The zero-order valence-electron chi connectivity index (χ0n) is 13.0. The molecule has 1 atom stereocenters. The number of benzene rings is 1. The van der Waals surface area contributed by atoms with Gasteiger partial charge >= 0.3 is 0 Å². The summed E-state index contributed by atoms with van der Waals surface area (Å²) in [5, 5.41) is 3.11. The second-order valence-corrected chi connectivity index (χ2v) is 6.27. The number of para-hydroxylation sites is 1. The van der Waals surface area contributed by atoms with Crippen LogP contribution in [-0.2, 0) is 4.79 Å². The van der Waals surface area contributed by atoms with Crippen LogP contribution < -0.4 is 10.2 Å². The molecule has 0 unspecified atom stereocenters. The number of hydrogen-bond donors (Lipinski definition) is 1. The van der Waals surface area contributed by atoms with Crippen molar-refractivity contribution in [1.82, 2.24) is 10.2 Å². The first-order valence-electron chi connectivity index (χ1n) is 8.00. The lowest BCUT2D eigenvalue weighted by Gasteiger charge is -2.39. The molecule has 1 aliphatic carbocycles. The molecule has 3 rings (SSSR count). The molecule has 1 aromatic rings. The van der Waals surface area contributed by atoms with Crippen molar-refractivity contribution in [2.75, 3.05) is 31.1 Å². The highest BCUT2D eigenvalue weighted by molar-refractivity contribution is 5.81. The second-order valence-electron chi connectivity index (χ2n) is 6.27. The van der Waals surface area contributed by atoms with E-state index in [1.807, 2.05) is 6.92 Å². The Morgan fingerprint density at radius 2 is 1.86 bits per heavy atom. The molecule has 1 heterocycles. The third kappa shape index (κ3) is 3.38. The van der Waals surface area contributed by atoms with Crippen LogP contribution in [0, 0.1) is 6.92 Å². The Balaban J connectivity index is 1.54. The minimum absolute atomic E-state index is 0.00961. The topological polar surface area (TPSA) is 35.6 Å². The highest BCUT2D eigenvalue weighted by atomic mass is 16.2. The van der Waals surface area contributed by atoms with E-state index in [0.29, 0.717) is 6.04 Å². The number of carbonyl (C=O) groups excluding carboxylic acids is 1. The van der Waals surface area contributed by atoms with Crippen LogP contribution in [0.2, 0.25) is 0 Å². The van der Waals surface area contributed by atoms with Gasteiger partial charge in [0, 0.05) is 37.9 Å². The molecule has 4 heteroatoms. The molecule has 2 fully saturated rings. The standard InChI is InChI=1S/C17H25N3O/c1-13-5-3-4-6-16(13)20-11-9-19(10-12-20)14(2)17(21)18-15-7-8-15/h3-6,14-15H,7-12H2,1-2H3,(H,18,21)/t14-/m0/s1. The van der Waals surface area contributed by atoms with Crippen LogP contribution in [-0.4, -0.2) is 49.1 Å². The summed E-state index contributed by atoms with van der Waals surface area (Å²) < 4.78 is 0. The number of amides is 1. The maximum atomic E-state index is 12.1. The second kappa shape index (κ2) is 6.06. The fourth-order valence-corrected chi connectivity index (χ4v) is 2.98. The van der Waals surface area contributed by atoms with Crippen molar-refractivity contribution in [3.8, 4) is 0 Å². The van der Waals surface area contributed by atoms with E-state index in [1.165, 1.54) is 11.3 Å². The summed E-state index contributed by atoms with van der Waals surface area (Å²) in [5.74, 6) is 0.196. The Hall–Kier alpha value is -1.55. The number of nitrogens with zero attached hydrogens (tertiary/aromatic N) is 2. The van der Waals surface area contributed by atoms with Crippen LogP contribution in [0.5, 0.6) is 0 Å². The molecule has 1 saturated heterocycles. The Kier molecular flexibility index (Phi) is 4.15. The van der Waals surface area contributed by atoms with Crippen molar-refractivity contribution in [3.63, 3.8) is 0 Å². The van der Waals surface area contributed by atoms with E-state index in [1.54, 1.807) is 0 Å². The van der Waals surface area contributed by atoms with Gasteiger partial charge in [-0.3, -0.25) is 9.69 Å². The van der Waals surface area contributed by atoms with Gasteiger partial charge in [0.15, 0.2) is 0 Å². The molecule has 0 spiro atoms. The lowest BCUT2D eigenvalue weighted by molar-refractivity contribution is -0.126. The molecule has 1 amide bonds. The molecular formula is C17H25N3O. The summed E-state index contributed by atoms with van der Waals surface area (Å²) in [6.07, 6.45) is 2.30. The van der Waals surface area contributed by atoms with Crippen LogP contribution in [0.25, 0.3) is 0 Å². The van der Waals surface area contributed by atoms with Crippen molar-refractivity contribution in [1.29, 1.82) is 0 Å². The van der Waals surface area contributed by atoms with Gasteiger partial charge in [0.25, 0.3) is 0 Å². The van der Waals surface area contributed by atoms with Gasteiger partial charge in [0.2, 0.25) is 5.91 Å². The van der Waals surface area contributed by atoms with E-state index in [-0.39, 0.29) is 11.9 Å². The van der Waals surface area contributed by atoms with Gasteiger partial charge in [-0.05, 0) is 38.3 Å². The maximum Gasteiger partial charge on any atom is 0.237 e. The van der Waals surface area contributed by atoms with E-state index in [2.05, 4.69) is 46.3 Å². The van der Waals surface area contributed by atoms with E-state index < -0.39 is 0 Å². The summed E-state index contributed by atoms with van der Waals surface area (Å²) in [4.78, 5) is 16.9. The van der Waals surface area contributed by atoms with E-state index >= 15 is 0 Å². The van der Waals surface area contributed by atoms with E-state index in [4.69, 9.17) is 0 Å². The number of aryl methyl sites for hydroxylation is 1. The number of nitrogens with one attached hydrogen (secondary N) is 1. The van der Waals surface area contributed by atoms with E-state index in [0.717, 1.165) is 39.0 Å². The minimum Gasteiger partial charge on any atom is -0.369 e. The van der Waals surface area contributed by atoms with Crippen LogP contribution >= 0.6 is 0 Å². The highest BCUT2D eigenvalue weighted by Gasteiger charge is 2.30. The molecule has 2 aliphatic rings. The van der Waals surface area contributed by atoms with Crippen LogP contribution in [0.15, 0.2) is 24.3 Å². The Morgan fingerprint density at radius 3 is 2.48 bits per heavy atom. The molecular weight excluding hydrogens is 262 g/mol. The zero-order valence-corrected chi connectivity index (χ0v) is 13.0. The zero-order chi connectivity index (χ0) is 14.8. The number of rotatable bonds is 4. The fraction of sp³-hybridized carbons (Fsp3) is 0.588. The lowest BCUT2D eigenvalue weighted by atomic mass is 10.1. The van der Waals surface area contributed by atoms with E-state index in [9.17, 15) is 4.79 Å². The van der Waals surface area contributed by atoms with Gasteiger partial charge < -0.3 is 10.2 Å². The molecule has 21 heavy (non-hydrogen) atoms. The van der Waals surface area contributed by atoms with Crippen molar-refractivity contribution < 1.29 is 4.79 Å². The number of piperazine rings is 1. The molecule has 0 bridgehead atoms. The van der Waals surface area contributed by atoms with Crippen molar-refractivity contribution in [3.05, 3.63) is 29.8 Å². The first kappa shape index (κ1) is 14.4. The SMILES string of the molecule is Cc1ccccc1N1CCN([C@@H](C)C(=O)NC2CC2)CC1. The van der Waals surface area contributed by atoms with Gasteiger partial charge in [-0.2, -0.15) is 0 Å². The predicted molar refractivity (Wildman–Crippen MR) is 85.6 cm³/mol. The summed E-state index contributed by atoms with van der Waals surface area (Å²) in [6.45, 7) is 8.08. The minimum atomic E-state index is -0.00961. The van der Waals surface area contributed by atoms with Crippen molar-refractivity contribution >= 4 is 11.6 Å². The monoisotopic (exact) mass is 287 g/mol. The molecule has 0 aromatic heterocycles. The van der Waals surface area contributed by atoms with Crippen LogP contribution in [0.3, 0.4) is 0 Å². The quantitative estimate of drug-likeness (QED) is 0.917. The van der Waals surface area contributed by atoms with Gasteiger partial charge in [-0.15, -0.1) is 0 Å². The maximum absolute atomic E-state index is 12.1. The number of anilines is 1. The Labute approximate surface area is 127 Å². The first-order valence-corrected chi connectivity index (χ1v) is 8.00. The van der Waals surface area contributed by atoms with Gasteiger partial charge in [-0.1, -0.05) is 18.2 Å². The van der Waals surface area contributed by atoms with Gasteiger partial charge in [0.05, 0.1) is 6.04 Å². The average molecular weight is 287 g/mol. The first-order chi connectivity index (χ1) is 10.1. The van der Waals surface area contributed by atoms with Crippen molar-refractivity contribution in [2.45, 2.75) is 38.8 Å². The predicted octanol–water partition coefficient (Wildman–Crippen LogP) is 1.78. The summed E-state index contributed by atoms with van der Waals surface area (Å²) in [5.41, 5.74) is 2.65. The average Bonchev–Trinajstić information content (AvgIpc) is 3.31. The van der Waals surface area contributed by atoms with Crippen LogP contribution in [0.4, 0.5) is 5.69 Å².